The molecule has 0 amide bonds. The highest BCUT2D eigenvalue weighted by Gasteiger charge is 2.26. The lowest BCUT2D eigenvalue weighted by Crippen LogP contribution is -2.35. The lowest BCUT2D eigenvalue weighted by Gasteiger charge is -2.31. The Morgan fingerprint density at radius 1 is 1.05 bits per heavy atom. The van der Waals surface area contributed by atoms with Crippen LogP contribution < -0.4 is 5.32 Å². The Kier molecular flexibility index (Phi) is 4.22. The molecular formula is C18H27N. The molecule has 104 valence electrons. The summed E-state index contributed by atoms with van der Waals surface area (Å²) in [6.07, 6.45) is 11.0. The molecular weight excluding hydrogens is 230 g/mol. The predicted octanol–water partition coefficient (Wildman–Crippen LogP) is 4.62. The summed E-state index contributed by atoms with van der Waals surface area (Å²) >= 11 is 0. The predicted molar refractivity (Wildman–Crippen MR) is 81.3 cm³/mol. The van der Waals surface area contributed by atoms with Crippen LogP contribution in [0.25, 0.3) is 0 Å². The van der Waals surface area contributed by atoms with E-state index in [1.165, 1.54) is 51.4 Å². The van der Waals surface area contributed by atoms with E-state index in [-0.39, 0.29) is 0 Å². The highest BCUT2D eigenvalue weighted by molar-refractivity contribution is 5.34. The Labute approximate surface area is 117 Å². The van der Waals surface area contributed by atoms with Crippen molar-refractivity contribution in [2.24, 2.45) is 5.92 Å². The van der Waals surface area contributed by atoms with Gasteiger partial charge in [-0.25, -0.2) is 0 Å². The number of fused-ring (bicyclic) bond motifs is 1. The molecule has 0 heterocycles. The van der Waals surface area contributed by atoms with Gasteiger partial charge in [-0.2, -0.15) is 0 Å². The normalized spacial score (nSPS) is 30.3. The van der Waals surface area contributed by atoms with Gasteiger partial charge in [0, 0.05) is 12.1 Å². The van der Waals surface area contributed by atoms with Crippen LogP contribution in [0.4, 0.5) is 0 Å². The van der Waals surface area contributed by atoms with Gasteiger partial charge in [0.05, 0.1) is 0 Å². The Morgan fingerprint density at radius 2 is 1.84 bits per heavy atom. The second kappa shape index (κ2) is 6.09. The van der Waals surface area contributed by atoms with Gasteiger partial charge in [-0.15, -0.1) is 0 Å². The molecule has 19 heavy (non-hydrogen) atoms. The molecule has 1 fully saturated rings. The van der Waals surface area contributed by atoms with Gasteiger partial charge < -0.3 is 5.32 Å². The molecule has 3 rings (SSSR count). The summed E-state index contributed by atoms with van der Waals surface area (Å²) in [6, 6.07) is 10.4. The molecule has 1 aromatic carbocycles. The van der Waals surface area contributed by atoms with Gasteiger partial charge in [-0.05, 0) is 55.6 Å². The Hall–Kier alpha value is -0.820. The number of hydrogen-bond donors (Lipinski definition) is 1. The van der Waals surface area contributed by atoms with E-state index in [1.54, 1.807) is 11.1 Å². The first-order valence-corrected chi connectivity index (χ1v) is 8.20. The summed E-state index contributed by atoms with van der Waals surface area (Å²) < 4.78 is 0. The second-order valence-corrected chi connectivity index (χ2v) is 6.46. The minimum absolute atomic E-state index is 0.629. The van der Waals surface area contributed by atoms with Crippen molar-refractivity contribution in [2.75, 3.05) is 0 Å². The van der Waals surface area contributed by atoms with E-state index in [2.05, 4.69) is 36.5 Å². The maximum absolute atomic E-state index is 3.94. The van der Waals surface area contributed by atoms with E-state index in [4.69, 9.17) is 0 Å². The van der Waals surface area contributed by atoms with E-state index < -0.39 is 0 Å². The first kappa shape index (κ1) is 13.2. The maximum Gasteiger partial charge on any atom is 0.0328 e. The zero-order chi connectivity index (χ0) is 13.1. The molecule has 1 aromatic rings. The topological polar surface area (TPSA) is 12.0 Å². The average Bonchev–Trinajstić information content (AvgIpc) is 2.85. The highest BCUT2D eigenvalue weighted by atomic mass is 15.0. The number of hydrogen-bond acceptors (Lipinski definition) is 1. The molecule has 1 unspecified atom stereocenters. The third-order valence-corrected chi connectivity index (χ3v) is 5.11. The van der Waals surface area contributed by atoms with Crippen molar-refractivity contribution in [1.82, 2.24) is 5.32 Å². The van der Waals surface area contributed by atoms with Crippen molar-refractivity contribution in [2.45, 2.75) is 70.4 Å². The van der Waals surface area contributed by atoms with Gasteiger partial charge in [-0.1, -0.05) is 44.0 Å². The van der Waals surface area contributed by atoms with Crippen molar-refractivity contribution < 1.29 is 0 Å². The minimum atomic E-state index is 0.629. The van der Waals surface area contributed by atoms with Gasteiger partial charge in [0.1, 0.15) is 0 Å². The third-order valence-electron chi connectivity index (χ3n) is 5.11. The summed E-state index contributed by atoms with van der Waals surface area (Å²) in [5.74, 6) is 1.01. The maximum atomic E-state index is 3.94. The van der Waals surface area contributed by atoms with Crippen molar-refractivity contribution in [3.8, 4) is 0 Å². The summed E-state index contributed by atoms with van der Waals surface area (Å²) in [6.45, 7) is 2.32. The van der Waals surface area contributed by atoms with Gasteiger partial charge in [0.15, 0.2) is 0 Å². The molecule has 1 nitrogen and oxygen atoms in total. The second-order valence-electron chi connectivity index (χ2n) is 6.46. The van der Waals surface area contributed by atoms with Crippen LogP contribution in [0, 0.1) is 5.92 Å². The Balaban J connectivity index is 1.54. The fourth-order valence-electron chi connectivity index (χ4n) is 4.04. The fraction of sp³-hybridized carbons (Fsp3) is 0.667. The third kappa shape index (κ3) is 3.02. The first-order valence-electron chi connectivity index (χ1n) is 8.20. The van der Waals surface area contributed by atoms with Gasteiger partial charge in [0.2, 0.25) is 0 Å². The van der Waals surface area contributed by atoms with E-state index >= 15 is 0 Å². The smallest absolute Gasteiger partial charge is 0.0328 e. The highest BCUT2D eigenvalue weighted by Crippen LogP contribution is 2.34. The molecule has 1 atom stereocenters. The summed E-state index contributed by atoms with van der Waals surface area (Å²) in [7, 11) is 0. The lowest BCUT2D eigenvalue weighted by atomic mass is 9.83. The Bertz CT molecular complexity index is 404. The van der Waals surface area contributed by atoms with Crippen LogP contribution in [-0.4, -0.2) is 6.04 Å². The van der Waals surface area contributed by atoms with Crippen LogP contribution >= 0.6 is 0 Å². The molecule has 2 aliphatic rings. The van der Waals surface area contributed by atoms with Crippen molar-refractivity contribution in [1.29, 1.82) is 0 Å². The number of benzene rings is 1. The van der Waals surface area contributed by atoms with Crippen LogP contribution in [0.5, 0.6) is 0 Å². The number of aryl methyl sites for hydroxylation is 1. The lowest BCUT2D eigenvalue weighted by molar-refractivity contribution is 0.262. The molecule has 1 N–H and O–H groups in total. The molecule has 0 spiro atoms. The van der Waals surface area contributed by atoms with Crippen molar-refractivity contribution in [3.63, 3.8) is 0 Å². The van der Waals surface area contributed by atoms with E-state index in [1.807, 2.05) is 0 Å². The van der Waals surface area contributed by atoms with Gasteiger partial charge >= 0.3 is 0 Å². The van der Waals surface area contributed by atoms with Crippen molar-refractivity contribution in [3.05, 3.63) is 35.4 Å². The molecule has 2 aliphatic carbocycles. The van der Waals surface area contributed by atoms with E-state index in [9.17, 15) is 0 Å². The molecule has 0 aliphatic heterocycles. The van der Waals surface area contributed by atoms with E-state index in [0.29, 0.717) is 6.04 Å². The molecule has 0 aromatic heterocycles. The average molecular weight is 257 g/mol. The van der Waals surface area contributed by atoms with Crippen LogP contribution in [0.1, 0.15) is 69.0 Å². The molecule has 0 bridgehead atoms. The summed E-state index contributed by atoms with van der Waals surface area (Å²) in [4.78, 5) is 0. The standard InChI is InChI=1S/C18H27N/c1-2-5-14-8-11-16(12-9-14)19-18-13-10-15-6-3-4-7-17(15)18/h3-4,6-7,14,16,18-19H,2,5,8-13H2,1H3. The zero-order valence-corrected chi connectivity index (χ0v) is 12.2. The summed E-state index contributed by atoms with van der Waals surface area (Å²) in [5.41, 5.74) is 3.14. The zero-order valence-electron chi connectivity index (χ0n) is 12.2. The fourth-order valence-corrected chi connectivity index (χ4v) is 4.04. The molecule has 0 radical (unpaired) electrons. The van der Waals surface area contributed by atoms with Crippen molar-refractivity contribution >= 4 is 0 Å². The van der Waals surface area contributed by atoms with Gasteiger partial charge in [0.25, 0.3) is 0 Å². The SMILES string of the molecule is CCCC1CCC(NC2CCc3ccccc32)CC1. The summed E-state index contributed by atoms with van der Waals surface area (Å²) in [5, 5.41) is 3.94. The van der Waals surface area contributed by atoms with Gasteiger partial charge in [-0.3, -0.25) is 0 Å². The van der Waals surface area contributed by atoms with Crippen LogP contribution in [0.2, 0.25) is 0 Å². The van der Waals surface area contributed by atoms with Crippen LogP contribution in [0.15, 0.2) is 24.3 Å². The Morgan fingerprint density at radius 3 is 2.63 bits per heavy atom. The largest absolute Gasteiger partial charge is 0.307 e. The number of rotatable bonds is 4. The minimum Gasteiger partial charge on any atom is -0.307 e. The molecule has 1 heteroatoms. The molecule has 0 saturated heterocycles. The quantitative estimate of drug-likeness (QED) is 0.829. The molecule has 1 saturated carbocycles. The van der Waals surface area contributed by atoms with E-state index in [0.717, 1.165) is 12.0 Å². The van der Waals surface area contributed by atoms with Crippen LogP contribution in [-0.2, 0) is 6.42 Å². The first-order chi connectivity index (χ1) is 9.36. The number of nitrogens with one attached hydrogen (secondary N) is 1. The monoisotopic (exact) mass is 257 g/mol. The van der Waals surface area contributed by atoms with Crippen LogP contribution in [0.3, 0.4) is 0 Å².